The number of benzene rings is 1. The van der Waals surface area contributed by atoms with Crippen LogP contribution in [-0.4, -0.2) is 21.9 Å². The smallest absolute Gasteiger partial charge is 0.270 e. The van der Waals surface area contributed by atoms with Gasteiger partial charge in [-0.1, -0.05) is 29.8 Å². The molecule has 0 aliphatic rings. The van der Waals surface area contributed by atoms with Crippen LogP contribution < -0.4 is 10.6 Å². The van der Waals surface area contributed by atoms with Crippen LogP contribution in [0, 0.1) is 6.92 Å². The molecule has 0 unspecified atom stereocenters. The largest absolute Gasteiger partial charge is 0.368 e. The van der Waals surface area contributed by atoms with Crippen LogP contribution in [0.2, 0.25) is 5.02 Å². The zero-order valence-electron chi connectivity index (χ0n) is 12.9. The lowest BCUT2D eigenvalue weighted by molar-refractivity contribution is 0.0945. The molecule has 1 amide bonds. The summed E-state index contributed by atoms with van der Waals surface area (Å²) in [5.74, 6) is 0.941. The quantitative estimate of drug-likeness (QED) is 0.888. The number of carbonyl (C=O) groups excluding carboxylic acids is 1. The van der Waals surface area contributed by atoms with Gasteiger partial charge in [-0.05, 0) is 32.4 Å². The molecule has 1 aromatic heterocycles. The van der Waals surface area contributed by atoms with Crippen LogP contribution in [0.15, 0.2) is 30.3 Å². The van der Waals surface area contributed by atoms with E-state index in [-0.39, 0.29) is 11.9 Å². The Morgan fingerprint density at radius 3 is 2.68 bits per heavy atom. The number of aromatic nitrogens is 2. The molecular formula is C16H19ClN4O. The Morgan fingerprint density at radius 2 is 2.00 bits per heavy atom. The third-order valence-corrected chi connectivity index (χ3v) is 3.27. The van der Waals surface area contributed by atoms with E-state index in [1.54, 1.807) is 19.1 Å². The van der Waals surface area contributed by atoms with Gasteiger partial charge in [-0.15, -0.1) is 0 Å². The van der Waals surface area contributed by atoms with Gasteiger partial charge in [-0.3, -0.25) is 4.79 Å². The average molecular weight is 319 g/mol. The minimum atomic E-state index is -0.253. The Balaban J connectivity index is 2.09. The second kappa shape index (κ2) is 7.22. The molecule has 1 aromatic carbocycles. The van der Waals surface area contributed by atoms with Crippen molar-refractivity contribution in [1.29, 1.82) is 0 Å². The molecule has 116 valence electrons. The van der Waals surface area contributed by atoms with Crippen molar-refractivity contribution in [2.45, 2.75) is 33.4 Å². The van der Waals surface area contributed by atoms with Gasteiger partial charge < -0.3 is 10.6 Å². The van der Waals surface area contributed by atoms with Gasteiger partial charge in [0.25, 0.3) is 5.91 Å². The third kappa shape index (κ3) is 4.43. The summed E-state index contributed by atoms with van der Waals surface area (Å²) in [5, 5.41) is 6.62. The first kappa shape index (κ1) is 16.2. The highest BCUT2D eigenvalue weighted by Crippen LogP contribution is 2.14. The van der Waals surface area contributed by atoms with E-state index in [2.05, 4.69) is 20.6 Å². The Hall–Kier alpha value is -2.14. The first-order chi connectivity index (χ1) is 10.5. The predicted octanol–water partition coefficient (Wildman–Crippen LogP) is 3.19. The number of nitrogens with one attached hydrogen (secondary N) is 2. The maximum Gasteiger partial charge on any atom is 0.270 e. The Labute approximate surface area is 135 Å². The number of nitrogens with zero attached hydrogens (tertiary/aromatic N) is 2. The van der Waals surface area contributed by atoms with Gasteiger partial charge in [0.15, 0.2) is 0 Å². The van der Waals surface area contributed by atoms with Gasteiger partial charge in [0.05, 0.1) is 0 Å². The van der Waals surface area contributed by atoms with E-state index < -0.39 is 0 Å². The summed E-state index contributed by atoms with van der Waals surface area (Å²) in [6, 6.07) is 9.28. The summed E-state index contributed by atoms with van der Waals surface area (Å²) in [5.41, 5.74) is 1.20. The van der Waals surface area contributed by atoms with Crippen molar-refractivity contribution in [3.63, 3.8) is 0 Å². The summed E-state index contributed by atoms with van der Waals surface area (Å²) in [7, 11) is 0. The number of hydrogen-bond acceptors (Lipinski definition) is 4. The summed E-state index contributed by atoms with van der Waals surface area (Å²) >= 11 is 6.07. The molecular weight excluding hydrogens is 300 g/mol. The molecule has 0 spiro atoms. The zero-order chi connectivity index (χ0) is 16.1. The average Bonchev–Trinajstić information content (AvgIpc) is 2.44. The number of carbonyl (C=O) groups is 1. The molecule has 6 heteroatoms. The number of rotatable bonds is 5. The van der Waals surface area contributed by atoms with E-state index in [0.29, 0.717) is 28.9 Å². The van der Waals surface area contributed by atoms with E-state index in [4.69, 9.17) is 11.6 Å². The second-order valence-corrected chi connectivity index (χ2v) is 5.67. The molecule has 2 rings (SSSR count). The third-order valence-electron chi connectivity index (χ3n) is 2.90. The normalized spacial score (nSPS) is 10.6. The Morgan fingerprint density at radius 1 is 1.27 bits per heavy atom. The standard InChI is InChI=1S/C16H19ClN4O/c1-10(2)19-15-8-14(20-11(3)21-15)16(22)18-9-12-6-4-5-7-13(12)17/h4-8,10H,9H2,1-3H3,(H,18,22)(H,19,20,21). The fourth-order valence-electron chi connectivity index (χ4n) is 1.96. The first-order valence-corrected chi connectivity index (χ1v) is 7.47. The number of anilines is 1. The van der Waals surface area contributed by atoms with Gasteiger partial charge >= 0.3 is 0 Å². The fourth-order valence-corrected chi connectivity index (χ4v) is 2.16. The monoisotopic (exact) mass is 318 g/mol. The molecule has 0 fully saturated rings. The number of hydrogen-bond donors (Lipinski definition) is 2. The summed E-state index contributed by atoms with van der Waals surface area (Å²) in [6.45, 7) is 6.13. The van der Waals surface area contributed by atoms with Crippen LogP contribution in [0.5, 0.6) is 0 Å². The molecule has 0 atom stereocenters. The molecule has 0 aliphatic heterocycles. The maximum absolute atomic E-state index is 12.2. The summed E-state index contributed by atoms with van der Waals surface area (Å²) in [4.78, 5) is 20.7. The maximum atomic E-state index is 12.2. The lowest BCUT2D eigenvalue weighted by Crippen LogP contribution is -2.25. The van der Waals surface area contributed by atoms with E-state index in [1.165, 1.54) is 0 Å². The molecule has 0 radical (unpaired) electrons. The fraction of sp³-hybridized carbons (Fsp3) is 0.312. The van der Waals surface area contributed by atoms with Crippen LogP contribution in [0.4, 0.5) is 5.82 Å². The van der Waals surface area contributed by atoms with Crippen molar-refractivity contribution in [1.82, 2.24) is 15.3 Å². The SMILES string of the molecule is Cc1nc(NC(C)C)cc(C(=O)NCc2ccccc2Cl)n1. The number of aryl methyl sites for hydroxylation is 1. The highest BCUT2D eigenvalue weighted by molar-refractivity contribution is 6.31. The van der Waals surface area contributed by atoms with E-state index in [0.717, 1.165) is 5.56 Å². The van der Waals surface area contributed by atoms with Gasteiger partial charge in [-0.25, -0.2) is 9.97 Å². The van der Waals surface area contributed by atoms with Crippen LogP contribution >= 0.6 is 11.6 Å². The molecule has 0 aliphatic carbocycles. The second-order valence-electron chi connectivity index (χ2n) is 5.26. The Bertz CT molecular complexity index is 673. The van der Waals surface area contributed by atoms with Gasteiger partial charge in [0.1, 0.15) is 17.3 Å². The first-order valence-electron chi connectivity index (χ1n) is 7.09. The number of halogens is 1. The van der Waals surface area contributed by atoms with Crippen LogP contribution in [-0.2, 0) is 6.54 Å². The van der Waals surface area contributed by atoms with Gasteiger partial charge in [0, 0.05) is 23.7 Å². The van der Waals surface area contributed by atoms with Crippen molar-refractivity contribution in [2.75, 3.05) is 5.32 Å². The zero-order valence-corrected chi connectivity index (χ0v) is 13.6. The molecule has 0 saturated heterocycles. The van der Waals surface area contributed by atoms with E-state index in [9.17, 15) is 4.79 Å². The van der Waals surface area contributed by atoms with E-state index in [1.807, 2.05) is 32.0 Å². The minimum Gasteiger partial charge on any atom is -0.368 e. The summed E-state index contributed by atoms with van der Waals surface area (Å²) in [6.07, 6.45) is 0. The lowest BCUT2D eigenvalue weighted by atomic mass is 10.2. The molecule has 22 heavy (non-hydrogen) atoms. The molecule has 2 aromatic rings. The van der Waals surface area contributed by atoms with Crippen molar-refractivity contribution >= 4 is 23.3 Å². The molecule has 0 bridgehead atoms. The number of amides is 1. The predicted molar refractivity (Wildman–Crippen MR) is 88.1 cm³/mol. The Kier molecular flexibility index (Phi) is 5.33. The molecule has 5 nitrogen and oxygen atoms in total. The van der Waals surface area contributed by atoms with E-state index >= 15 is 0 Å². The van der Waals surface area contributed by atoms with Gasteiger partial charge in [0.2, 0.25) is 0 Å². The summed E-state index contributed by atoms with van der Waals surface area (Å²) < 4.78 is 0. The van der Waals surface area contributed by atoms with Crippen molar-refractivity contribution in [3.8, 4) is 0 Å². The minimum absolute atomic E-state index is 0.230. The highest BCUT2D eigenvalue weighted by atomic mass is 35.5. The highest BCUT2D eigenvalue weighted by Gasteiger charge is 2.11. The van der Waals surface area contributed by atoms with Crippen molar-refractivity contribution in [3.05, 3.63) is 52.4 Å². The van der Waals surface area contributed by atoms with Gasteiger partial charge in [-0.2, -0.15) is 0 Å². The van der Waals surface area contributed by atoms with Crippen LogP contribution in [0.25, 0.3) is 0 Å². The molecule has 0 saturated carbocycles. The van der Waals surface area contributed by atoms with Crippen LogP contribution in [0.1, 0.15) is 35.7 Å². The lowest BCUT2D eigenvalue weighted by Gasteiger charge is -2.11. The molecule has 2 N–H and O–H groups in total. The van der Waals surface area contributed by atoms with Crippen LogP contribution in [0.3, 0.4) is 0 Å². The molecule has 1 heterocycles. The topological polar surface area (TPSA) is 66.9 Å². The van der Waals surface area contributed by atoms with Crippen molar-refractivity contribution in [2.24, 2.45) is 0 Å². The van der Waals surface area contributed by atoms with Crippen molar-refractivity contribution < 1.29 is 4.79 Å².